The molecule has 0 aromatic heterocycles. The first kappa shape index (κ1) is 17.2. The molecule has 26 heavy (non-hydrogen) atoms. The van der Waals surface area contributed by atoms with E-state index in [1.165, 1.54) is 53.4 Å². The summed E-state index contributed by atoms with van der Waals surface area (Å²) in [5.41, 5.74) is 1.23. The zero-order chi connectivity index (χ0) is 18.7. The topological polar surface area (TPSA) is 60.8 Å². The van der Waals surface area contributed by atoms with Gasteiger partial charge in [-0.05, 0) is 60.7 Å². The number of halogens is 1. The second-order valence-corrected chi connectivity index (χ2v) is 5.58. The molecule has 0 radical (unpaired) electrons. The number of rotatable bonds is 4. The largest absolute Gasteiger partial charge is 0.508 e. The van der Waals surface area contributed by atoms with Crippen LogP contribution in [0.15, 0.2) is 73.3 Å². The van der Waals surface area contributed by atoms with Gasteiger partial charge in [0.25, 0.3) is 5.91 Å². The highest BCUT2D eigenvalue weighted by molar-refractivity contribution is 6.12. The van der Waals surface area contributed by atoms with Crippen LogP contribution in [0.3, 0.4) is 0 Å². The van der Waals surface area contributed by atoms with Crippen molar-refractivity contribution in [1.29, 1.82) is 0 Å². The first-order valence-corrected chi connectivity index (χ1v) is 7.84. The number of hydrogen-bond donors (Lipinski definition) is 2. The van der Waals surface area contributed by atoms with E-state index in [0.717, 1.165) is 0 Å². The third-order valence-corrected chi connectivity index (χ3v) is 3.91. The van der Waals surface area contributed by atoms with Crippen molar-refractivity contribution in [2.75, 3.05) is 4.90 Å². The lowest BCUT2D eigenvalue weighted by atomic mass is 10.0. The Morgan fingerprint density at radius 2 is 1.38 bits per heavy atom. The Kier molecular flexibility index (Phi) is 4.71. The van der Waals surface area contributed by atoms with Gasteiger partial charge < -0.3 is 10.2 Å². The molecule has 0 atom stereocenters. The van der Waals surface area contributed by atoms with E-state index < -0.39 is 11.7 Å². The van der Waals surface area contributed by atoms with Gasteiger partial charge in [-0.1, -0.05) is 18.7 Å². The van der Waals surface area contributed by atoms with Crippen LogP contribution in [0.4, 0.5) is 15.8 Å². The van der Waals surface area contributed by atoms with Crippen molar-refractivity contribution in [3.63, 3.8) is 0 Å². The van der Waals surface area contributed by atoms with E-state index in [-0.39, 0.29) is 22.6 Å². The van der Waals surface area contributed by atoms with Gasteiger partial charge in [-0.15, -0.1) is 0 Å². The summed E-state index contributed by atoms with van der Waals surface area (Å²) < 4.78 is 14.1. The Bertz CT molecular complexity index is 904. The molecule has 1 amide bonds. The molecule has 0 aliphatic heterocycles. The number of phenolic OH excluding ortho intramolecular Hbond substituents is 2. The van der Waals surface area contributed by atoms with Crippen molar-refractivity contribution in [3.05, 3.63) is 90.3 Å². The monoisotopic (exact) mass is 349 g/mol. The van der Waals surface area contributed by atoms with Crippen molar-refractivity contribution in [1.82, 2.24) is 0 Å². The van der Waals surface area contributed by atoms with Gasteiger partial charge in [0.1, 0.15) is 17.3 Å². The lowest BCUT2D eigenvalue weighted by Crippen LogP contribution is -2.26. The normalized spacial score (nSPS) is 10.3. The van der Waals surface area contributed by atoms with Crippen LogP contribution in [-0.4, -0.2) is 16.1 Å². The maximum absolute atomic E-state index is 14.1. The number of nitrogens with zero attached hydrogens (tertiary/aromatic N) is 1. The number of carbonyl (C=O) groups is 1. The summed E-state index contributed by atoms with van der Waals surface area (Å²) >= 11 is 0. The predicted octanol–water partition coefficient (Wildman–Crippen LogP) is 4.86. The number of phenols is 2. The van der Waals surface area contributed by atoms with Crippen LogP contribution in [0.2, 0.25) is 0 Å². The Morgan fingerprint density at radius 1 is 0.885 bits per heavy atom. The molecule has 0 fully saturated rings. The van der Waals surface area contributed by atoms with Crippen molar-refractivity contribution in [2.45, 2.75) is 0 Å². The molecule has 3 aromatic carbocycles. The first-order chi connectivity index (χ1) is 12.5. The van der Waals surface area contributed by atoms with E-state index in [2.05, 4.69) is 6.58 Å². The molecule has 0 heterocycles. The Morgan fingerprint density at radius 3 is 1.85 bits per heavy atom. The second-order valence-electron chi connectivity index (χ2n) is 5.58. The van der Waals surface area contributed by atoms with Gasteiger partial charge >= 0.3 is 0 Å². The maximum atomic E-state index is 14.1. The summed E-state index contributed by atoms with van der Waals surface area (Å²) in [6, 6.07) is 16.4. The number of aromatic hydroxyl groups is 2. The minimum atomic E-state index is -0.540. The molecular weight excluding hydrogens is 333 g/mol. The van der Waals surface area contributed by atoms with Gasteiger partial charge in [0.2, 0.25) is 0 Å². The second kappa shape index (κ2) is 7.11. The van der Waals surface area contributed by atoms with Gasteiger partial charge in [0.15, 0.2) is 0 Å². The van der Waals surface area contributed by atoms with Gasteiger partial charge in [-0.25, -0.2) is 4.39 Å². The number of amides is 1. The molecule has 130 valence electrons. The minimum absolute atomic E-state index is 0.0596. The molecule has 4 nitrogen and oxygen atoms in total. The Balaban J connectivity index is 2.16. The molecule has 0 unspecified atom stereocenters. The van der Waals surface area contributed by atoms with Crippen molar-refractivity contribution < 1.29 is 19.4 Å². The van der Waals surface area contributed by atoms with Crippen molar-refractivity contribution >= 4 is 23.4 Å². The average Bonchev–Trinajstić information content (AvgIpc) is 2.64. The lowest BCUT2D eigenvalue weighted by Gasteiger charge is -2.24. The summed E-state index contributed by atoms with van der Waals surface area (Å²) in [7, 11) is 0. The van der Waals surface area contributed by atoms with E-state index in [1.54, 1.807) is 24.3 Å². The summed E-state index contributed by atoms with van der Waals surface area (Å²) in [5, 5.41) is 19.0. The van der Waals surface area contributed by atoms with Crippen LogP contribution in [0.5, 0.6) is 11.5 Å². The molecule has 0 saturated heterocycles. The van der Waals surface area contributed by atoms with Crippen molar-refractivity contribution in [2.24, 2.45) is 0 Å². The highest BCUT2D eigenvalue weighted by Gasteiger charge is 2.23. The maximum Gasteiger partial charge on any atom is 0.263 e. The van der Waals surface area contributed by atoms with E-state index in [4.69, 9.17) is 0 Å². The average molecular weight is 349 g/mol. The summed E-state index contributed by atoms with van der Waals surface area (Å²) in [4.78, 5) is 14.6. The Labute approximate surface area is 150 Å². The fourth-order valence-electron chi connectivity index (χ4n) is 2.64. The van der Waals surface area contributed by atoms with Gasteiger partial charge in [0, 0.05) is 16.9 Å². The molecule has 3 aromatic rings. The highest BCUT2D eigenvalue weighted by atomic mass is 19.1. The summed E-state index contributed by atoms with van der Waals surface area (Å²) in [6.07, 6.45) is 1.30. The third-order valence-electron chi connectivity index (χ3n) is 3.91. The third kappa shape index (κ3) is 3.28. The van der Waals surface area contributed by atoms with Crippen LogP contribution in [-0.2, 0) is 0 Å². The first-order valence-electron chi connectivity index (χ1n) is 7.84. The molecule has 0 saturated carbocycles. The molecule has 0 aliphatic rings. The van der Waals surface area contributed by atoms with Crippen LogP contribution >= 0.6 is 0 Å². The SMILES string of the molecule is C=Cc1c(F)cccc1C(=O)N(c1ccc(O)cc1)c1ccc(O)cc1. The molecule has 3 rings (SSSR count). The Hall–Kier alpha value is -3.60. The van der Waals surface area contributed by atoms with E-state index in [0.29, 0.717) is 11.4 Å². The van der Waals surface area contributed by atoms with Gasteiger partial charge in [-0.3, -0.25) is 9.69 Å². The summed E-state index contributed by atoms with van der Waals surface area (Å²) in [6.45, 7) is 3.59. The van der Waals surface area contributed by atoms with E-state index in [1.807, 2.05) is 0 Å². The van der Waals surface area contributed by atoms with E-state index >= 15 is 0 Å². The quantitative estimate of drug-likeness (QED) is 0.707. The molecule has 0 aliphatic carbocycles. The molecule has 0 bridgehead atoms. The standard InChI is InChI=1S/C21H16FNO3/c1-2-18-19(4-3-5-20(18)22)21(26)23(14-6-10-16(24)11-7-14)15-8-12-17(25)13-9-15/h2-13,24-25H,1H2. The molecule has 2 N–H and O–H groups in total. The van der Waals surface area contributed by atoms with Crippen LogP contribution in [0, 0.1) is 5.82 Å². The minimum Gasteiger partial charge on any atom is -0.508 e. The predicted molar refractivity (Wildman–Crippen MR) is 99.2 cm³/mol. The van der Waals surface area contributed by atoms with Crippen LogP contribution in [0.25, 0.3) is 6.08 Å². The number of carbonyl (C=O) groups excluding carboxylic acids is 1. The fraction of sp³-hybridized carbons (Fsp3) is 0. The molecular formula is C21H16FNO3. The fourth-order valence-corrected chi connectivity index (χ4v) is 2.64. The number of hydrogen-bond acceptors (Lipinski definition) is 3. The van der Waals surface area contributed by atoms with Gasteiger partial charge in [0.05, 0.1) is 5.56 Å². The highest BCUT2D eigenvalue weighted by Crippen LogP contribution is 2.31. The van der Waals surface area contributed by atoms with Crippen LogP contribution in [0.1, 0.15) is 15.9 Å². The molecule has 0 spiro atoms. The lowest BCUT2D eigenvalue weighted by molar-refractivity contribution is 0.0998. The zero-order valence-corrected chi connectivity index (χ0v) is 13.8. The number of anilines is 2. The van der Waals surface area contributed by atoms with Crippen molar-refractivity contribution in [3.8, 4) is 11.5 Å². The van der Waals surface area contributed by atoms with E-state index in [9.17, 15) is 19.4 Å². The van der Waals surface area contributed by atoms with Crippen LogP contribution < -0.4 is 4.90 Å². The van der Waals surface area contributed by atoms with Gasteiger partial charge in [-0.2, -0.15) is 0 Å². The molecule has 5 heteroatoms. The smallest absolute Gasteiger partial charge is 0.263 e. The zero-order valence-electron chi connectivity index (χ0n) is 13.8. The summed E-state index contributed by atoms with van der Waals surface area (Å²) in [5.74, 6) is -0.883. The number of benzene rings is 3.